The van der Waals surface area contributed by atoms with Gasteiger partial charge in [0.05, 0.1) is 0 Å². The highest BCUT2D eigenvalue weighted by Gasteiger charge is 2.14. The maximum absolute atomic E-state index is 5.00. The Labute approximate surface area is 504 Å². The predicted octanol–water partition coefficient (Wildman–Crippen LogP) is 24.3. The molecule has 1 unspecified atom stereocenters. The van der Waals surface area contributed by atoms with Crippen LogP contribution < -0.4 is 0 Å². The number of unbranched alkanes of at least 4 members (excludes halogenated alkanes) is 1. The maximum Gasteiger partial charge on any atom is 0.0195 e. The van der Waals surface area contributed by atoms with E-state index >= 15 is 0 Å². The highest BCUT2D eigenvalue weighted by atomic mass is 35.5. The van der Waals surface area contributed by atoms with Crippen molar-refractivity contribution in [2.45, 2.75) is 112 Å². The van der Waals surface area contributed by atoms with Crippen LogP contribution in [0.3, 0.4) is 0 Å². The molecule has 0 aliphatic carbocycles. The summed E-state index contributed by atoms with van der Waals surface area (Å²) in [5, 5.41) is 0. The molecule has 0 aliphatic heterocycles. The van der Waals surface area contributed by atoms with Gasteiger partial charge in [-0.1, -0.05) is 287 Å². The molecule has 0 heterocycles. The van der Waals surface area contributed by atoms with Crippen LogP contribution in [0.2, 0.25) is 0 Å². The zero-order valence-corrected chi connectivity index (χ0v) is 53.4. The van der Waals surface area contributed by atoms with Crippen LogP contribution in [-0.4, -0.2) is 35.3 Å². The first-order valence-electron chi connectivity index (χ1n) is 26.6. The number of hydrogen-bond acceptors (Lipinski definition) is 0. The Morgan fingerprint density at radius 1 is 0.403 bits per heavy atom. The average Bonchev–Trinajstić information content (AvgIpc) is 3.46. The molecule has 0 nitrogen and oxygen atoms in total. The summed E-state index contributed by atoms with van der Waals surface area (Å²) < 4.78 is 0. The van der Waals surface area contributed by atoms with Gasteiger partial charge in [0.2, 0.25) is 0 Å². The van der Waals surface area contributed by atoms with Gasteiger partial charge >= 0.3 is 0 Å². The van der Waals surface area contributed by atoms with Crippen LogP contribution in [0.5, 0.6) is 0 Å². The van der Waals surface area contributed by atoms with E-state index < -0.39 is 0 Å². The third-order valence-corrected chi connectivity index (χ3v) is 9.16. The lowest BCUT2D eigenvalue weighted by atomic mass is 9.85. The van der Waals surface area contributed by atoms with Gasteiger partial charge in [-0.3, -0.25) is 0 Å². The molecule has 6 aromatic carbocycles. The second kappa shape index (κ2) is 71.5. The number of hydrogen-bond donors (Lipinski definition) is 0. The lowest BCUT2D eigenvalue weighted by Crippen LogP contribution is -2.12. The maximum atomic E-state index is 5.00. The summed E-state index contributed by atoms with van der Waals surface area (Å²) in [4.78, 5) is 0. The molecule has 0 aliphatic rings. The second-order valence-electron chi connectivity index (χ2n) is 15.9. The lowest BCUT2D eigenvalue weighted by Gasteiger charge is -2.19. The predicted molar refractivity (Wildman–Crippen MR) is 364 cm³/mol. The summed E-state index contributed by atoms with van der Waals surface area (Å²) in [7, 11) is 0. The Morgan fingerprint density at radius 3 is 1.01 bits per heavy atom. The summed E-state index contributed by atoms with van der Waals surface area (Å²) in [5.41, 5.74) is 8.06. The Morgan fingerprint density at radius 2 is 0.714 bits per heavy atom. The van der Waals surface area contributed by atoms with Crippen molar-refractivity contribution in [1.82, 2.24) is 0 Å². The molecule has 0 aromatic heterocycles. The number of rotatable bonds is 14. The van der Waals surface area contributed by atoms with E-state index in [2.05, 4.69) is 176 Å². The first kappa shape index (κ1) is 83.8. The first-order chi connectivity index (χ1) is 37.2. The zero-order valence-electron chi connectivity index (χ0n) is 48.9. The Balaban J connectivity index is -0.000000185. The summed E-state index contributed by atoms with van der Waals surface area (Å²) in [6.45, 7) is 40.0. The van der Waals surface area contributed by atoms with Gasteiger partial charge in [-0.2, -0.15) is 0 Å². The molecule has 0 fully saturated rings. The smallest absolute Gasteiger partial charge is 0.0195 e. The fourth-order valence-corrected chi connectivity index (χ4v) is 5.26. The number of aryl methyl sites for hydroxylation is 2. The van der Waals surface area contributed by atoms with Gasteiger partial charge in [-0.05, 0) is 77.8 Å². The molecule has 0 bridgehead atoms. The summed E-state index contributed by atoms with van der Waals surface area (Å²) in [6.07, 6.45) is 18.3. The van der Waals surface area contributed by atoms with Crippen molar-refractivity contribution in [3.63, 3.8) is 0 Å². The second-order valence-corrected chi connectivity index (χ2v) is 19.1. The molecule has 0 amide bonds. The Kier molecular flexibility index (Phi) is 77.8. The molecule has 6 heteroatoms. The molecule has 0 saturated heterocycles. The van der Waals surface area contributed by atoms with Crippen LogP contribution in [0.1, 0.15) is 121 Å². The van der Waals surface area contributed by atoms with E-state index in [4.69, 9.17) is 69.6 Å². The molecule has 0 radical (unpaired) electrons. The Hall–Kier alpha value is -4.50. The van der Waals surface area contributed by atoms with E-state index in [1.165, 1.54) is 46.2 Å². The monoisotopic (exact) mass is 1160 g/mol. The van der Waals surface area contributed by atoms with Gasteiger partial charge in [0.15, 0.2) is 0 Å². The number of alkyl halides is 6. The highest BCUT2D eigenvalue weighted by Crippen LogP contribution is 2.23. The van der Waals surface area contributed by atoms with Gasteiger partial charge < -0.3 is 0 Å². The van der Waals surface area contributed by atoms with Gasteiger partial charge in [0.25, 0.3) is 0 Å². The van der Waals surface area contributed by atoms with E-state index in [0.29, 0.717) is 5.92 Å². The minimum Gasteiger partial charge on any atom is -0.127 e. The molecule has 77 heavy (non-hydrogen) atoms. The number of benzene rings is 6. The van der Waals surface area contributed by atoms with Crippen molar-refractivity contribution >= 4 is 75.7 Å². The fraction of sp³-hybridized carbons (Fsp3) is 0.324. The molecular formula is C71H100Cl6. The minimum absolute atomic E-state index is 0.0985. The molecule has 426 valence electrons. The van der Waals surface area contributed by atoms with Gasteiger partial charge in [-0.25, -0.2) is 0 Å². The van der Waals surface area contributed by atoms with E-state index in [-0.39, 0.29) is 5.41 Å². The summed E-state index contributed by atoms with van der Waals surface area (Å²) >= 11 is 30.0. The van der Waals surface area contributed by atoms with Crippen LogP contribution in [0, 0.1) is 0 Å². The van der Waals surface area contributed by atoms with Crippen molar-refractivity contribution in [1.29, 1.82) is 0 Å². The first-order valence-corrected chi connectivity index (χ1v) is 29.8. The third kappa shape index (κ3) is 65.7. The van der Waals surface area contributed by atoms with Gasteiger partial charge in [0, 0.05) is 40.7 Å². The number of allylic oxidation sites excluding steroid dienone is 5. The van der Waals surface area contributed by atoms with E-state index in [0.717, 1.165) is 61.0 Å². The topological polar surface area (TPSA) is 0 Å². The molecule has 1 atom stereocenters. The van der Waals surface area contributed by atoms with Crippen molar-refractivity contribution < 1.29 is 0 Å². The highest BCUT2D eigenvalue weighted by molar-refractivity contribution is 6.18. The molecule has 0 spiro atoms. The van der Waals surface area contributed by atoms with Crippen LogP contribution in [-0.2, 0) is 24.7 Å². The molecule has 0 saturated carbocycles. The molecular weight excluding hydrogens is 1070 g/mol. The third-order valence-electron chi connectivity index (χ3n) is 9.16. The zero-order chi connectivity index (χ0) is 59.5. The van der Waals surface area contributed by atoms with Crippen molar-refractivity contribution in [2.75, 3.05) is 35.3 Å². The minimum atomic E-state index is 0.0985. The van der Waals surface area contributed by atoms with Crippen molar-refractivity contribution in [3.05, 3.63) is 285 Å². The Bertz CT molecular complexity index is 2020. The normalized spacial score (nSPS) is 9.08. The summed E-state index contributed by atoms with van der Waals surface area (Å²) in [5.74, 6) is 4.81. The van der Waals surface area contributed by atoms with Crippen LogP contribution >= 0.6 is 69.6 Å². The molecule has 0 N–H and O–H groups in total. The van der Waals surface area contributed by atoms with Crippen LogP contribution in [0.4, 0.5) is 0 Å². The average molecular weight is 1170 g/mol. The SMILES string of the molecule is C=CC(C)(C)c1ccccc1.C=CC(C)c1ccccc1.C=CCCCc1ccccc1.C=CCCc1ccccc1.C=CCc1ccccc1.C=Cc1ccccc1.CCCl.CCCl.CCCl.CCCl.CCCl.CCCl. The van der Waals surface area contributed by atoms with E-state index in [1.54, 1.807) is 0 Å². The standard InChI is InChI=1S/2C11H14.2C10H12.C9H10.C8H8.6C2H5Cl/c1-4-11(2,3)10-8-6-5-7-9-10;1-2-3-5-8-11-9-6-4-7-10-11;1-3-9(2)10-7-5-4-6-8-10;1-2-3-7-10-8-5-4-6-9-10;1-2-6-9-7-4-3-5-8-9;1-2-8-6-4-3-5-7-8;6*1-2-3/h4-9H,1H2,2-3H3;2,4,6-7,9-10H,1,3,5,8H2;3-9H,1H2,2H3;2,4-6,8-9H,1,3,7H2;2-5,7-8H,1,6H2;2-7H,1H2;6*2H2,1H3. The van der Waals surface area contributed by atoms with Gasteiger partial charge in [-0.15, -0.1) is 103 Å². The van der Waals surface area contributed by atoms with E-state index in [9.17, 15) is 0 Å². The van der Waals surface area contributed by atoms with Crippen molar-refractivity contribution in [3.8, 4) is 0 Å². The quantitative estimate of drug-likeness (QED) is 0.0579. The molecule has 6 rings (SSSR count). The summed E-state index contributed by atoms with van der Waals surface area (Å²) in [6, 6.07) is 62.1. The number of halogens is 6. The van der Waals surface area contributed by atoms with E-state index in [1.807, 2.05) is 145 Å². The fourth-order valence-electron chi connectivity index (χ4n) is 5.26. The van der Waals surface area contributed by atoms with Crippen molar-refractivity contribution in [2.24, 2.45) is 0 Å². The van der Waals surface area contributed by atoms with Crippen LogP contribution in [0.15, 0.2) is 252 Å². The lowest BCUT2D eigenvalue weighted by molar-refractivity contribution is 0.672. The molecule has 6 aromatic rings. The largest absolute Gasteiger partial charge is 0.127 e. The van der Waals surface area contributed by atoms with Crippen LogP contribution in [0.25, 0.3) is 6.08 Å². The van der Waals surface area contributed by atoms with Gasteiger partial charge in [0.1, 0.15) is 0 Å².